The monoisotopic (exact) mass is 247 g/mol. The van der Waals surface area contributed by atoms with Gasteiger partial charge in [-0.1, -0.05) is 24.3 Å². The van der Waals surface area contributed by atoms with Crippen LogP contribution in [0.3, 0.4) is 0 Å². The number of nitrogens with one attached hydrogen (secondary N) is 1. The van der Waals surface area contributed by atoms with E-state index in [1.165, 1.54) is 0 Å². The number of alkyl halides is 1. The van der Waals surface area contributed by atoms with Crippen molar-refractivity contribution in [2.75, 3.05) is 5.21 Å². The van der Waals surface area contributed by atoms with E-state index in [-0.39, 0.29) is 6.04 Å². The Hall–Kier alpha value is -0.580. The summed E-state index contributed by atoms with van der Waals surface area (Å²) in [6.45, 7) is 3.74. The van der Waals surface area contributed by atoms with Gasteiger partial charge in [-0.25, -0.2) is 13.1 Å². The highest BCUT2D eigenvalue weighted by Crippen LogP contribution is 2.17. The van der Waals surface area contributed by atoms with Crippen LogP contribution in [0.15, 0.2) is 24.3 Å². The quantitative estimate of drug-likeness (QED) is 0.829. The molecule has 0 amide bonds. The summed E-state index contributed by atoms with van der Waals surface area (Å²) in [7, 11) is -3.37. The van der Waals surface area contributed by atoms with E-state index in [1.54, 1.807) is 6.92 Å². The van der Waals surface area contributed by atoms with Crippen LogP contribution in [-0.2, 0) is 10.0 Å². The first-order valence-electron chi connectivity index (χ1n) is 4.58. The van der Waals surface area contributed by atoms with E-state index >= 15 is 0 Å². The molecule has 1 aromatic carbocycles. The van der Waals surface area contributed by atoms with Gasteiger partial charge in [0.05, 0.1) is 0 Å². The van der Waals surface area contributed by atoms with Crippen LogP contribution in [0.1, 0.15) is 24.1 Å². The maximum atomic E-state index is 11.3. The Morgan fingerprint density at radius 3 is 2.53 bits per heavy atom. The minimum absolute atomic E-state index is 0.255. The summed E-state index contributed by atoms with van der Waals surface area (Å²) in [6.07, 6.45) is 0. The third kappa shape index (κ3) is 3.48. The van der Waals surface area contributed by atoms with Gasteiger partial charge in [0, 0.05) is 6.04 Å². The van der Waals surface area contributed by atoms with Crippen molar-refractivity contribution >= 4 is 21.6 Å². The summed E-state index contributed by atoms with van der Waals surface area (Å²) >= 11 is 5.31. The standard InChI is InChI=1S/C10H14ClNO2S/c1-8-5-3-4-6-10(8)9(2)12-15(13,14)7-11/h3-6,9,12H,7H2,1-2H3/t9-/m0/s1. The average molecular weight is 248 g/mol. The van der Waals surface area contributed by atoms with Crippen molar-refractivity contribution in [2.24, 2.45) is 0 Å². The van der Waals surface area contributed by atoms with E-state index < -0.39 is 15.2 Å². The summed E-state index contributed by atoms with van der Waals surface area (Å²) in [5.74, 6) is 0. The van der Waals surface area contributed by atoms with Gasteiger partial charge in [0.25, 0.3) is 0 Å². The van der Waals surface area contributed by atoms with Crippen molar-refractivity contribution in [1.29, 1.82) is 0 Å². The van der Waals surface area contributed by atoms with Crippen molar-refractivity contribution < 1.29 is 8.42 Å². The maximum absolute atomic E-state index is 11.3. The first-order chi connectivity index (χ1) is 6.96. The Morgan fingerprint density at radius 2 is 2.00 bits per heavy atom. The third-order valence-electron chi connectivity index (χ3n) is 2.15. The van der Waals surface area contributed by atoms with Crippen LogP contribution in [0.2, 0.25) is 0 Å². The number of sulfonamides is 1. The molecule has 0 radical (unpaired) electrons. The lowest BCUT2D eigenvalue weighted by Gasteiger charge is -2.15. The predicted molar refractivity (Wildman–Crippen MR) is 62.4 cm³/mol. The molecule has 1 aromatic rings. The molecule has 0 unspecified atom stereocenters. The fourth-order valence-electron chi connectivity index (χ4n) is 1.44. The topological polar surface area (TPSA) is 46.2 Å². The first kappa shape index (κ1) is 12.5. The first-order valence-corrected chi connectivity index (χ1v) is 6.76. The zero-order chi connectivity index (χ0) is 11.5. The molecule has 0 aliphatic heterocycles. The average Bonchev–Trinajstić information content (AvgIpc) is 2.17. The van der Waals surface area contributed by atoms with E-state index in [1.807, 2.05) is 31.2 Å². The van der Waals surface area contributed by atoms with Gasteiger partial charge in [-0.3, -0.25) is 0 Å². The SMILES string of the molecule is Cc1ccccc1[C@H](C)NS(=O)(=O)CCl. The number of rotatable bonds is 4. The lowest BCUT2D eigenvalue weighted by Crippen LogP contribution is -2.27. The van der Waals surface area contributed by atoms with Crippen LogP contribution < -0.4 is 4.72 Å². The van der Waals surface area contributed by atoms with Crippen LogP contribution in [0.5, 0.6) is 0 Å². The summed E-state index contributed by atoms with van der Waals surface area (Å²) in [6, 6.07) is 7.39. The lowest BCUT2D eigenvalue weighted by atomic mass is 10.0. The highest BCUT2D eigenvalue weighted by Gasteiger charge is 2.15. The van der Waals surface area contributed by atoms with Crippen LogP contribution in [0.4, 0.5) is 0 Å². The Labute approximate surface area is 95.5 Å². The Kier molecular flexibility index (Phi) is 4.13. The molecule has 1 N–H and O–H groups in total. The molecular formula is C10H14ClNO2S. The second-order valence-corrected chi connectivity index (χ2v) is 5.76. The van der Waals surface area contributed by atoms with Crippen molar-refractivity contribution in [1.82, 2.24) is 4.72 Å². The van der Waals surface area contributed by atoms with E-state index in [0.29, 0.717) is 0 Å². The fraction of sp³-hybridized carbons (Fsp3) is 0.400. The molecule has 3 nitrogen and oxygen atoms in total. The highest BCUT2D eigenvalue weighted by atomic mass is 35.5. The third-order valence-corrected chi connectivity index (χ3v) is 4.02. The second-order valence-electron chi connectivity index (χ2n) is 3.42. The van der Waals surface area contributed by atoms with E-state index in [2.05, 4.69) is 4.72 Å². The Morgan fingerprint density at radius 1 is 1.40 bits per heavy atom. The van der Waals surface area contributed by atoms with Gasteiger partial charge in [0.1, 0.15) is 5.21 Å². The van der Waals surface area contributed by atoms with Crippen molar-refractivity contribution in [3.8, 4) is 0 Å². The molecule has 0 heterocycles. The molecule has 1 atom stereocenters. The van der Waals surface area contributed by atoms with E-state index in [0.717, 1.165) is 11.1 Å². The van der Waals surface area contributed by atoms with Crippen LogP contribution in [0.25, 0.3) is 0 Å². The lowest BCUT2D eigenvalue weighted by molar-refractivity contribution is 0.571. The minimum atomic E-state index is -3.37. The number of aryl methyl sites for hydroxylation is 1. The molecule has 0 spiro atoms. The Balaban J connectivity index is 2.87. The van der Waals surface area contributed by atoms with Gasteiger partial charge in [0.2, 0.25) is 10.0 Å². The molecule has 0 aliphatic rings. The molecule has 15 heavy (non-hydrogen) atoms. The minimum Gasteiger partial charge on any atom is -0.211 e. The van der Waals surface area contributed by atoms with Gasteiger partial charge in [-0.05, 0) is 25.0 Å². The van der Waals surface area contributed by atoms with Gasteiger partial charge in [0.15, 0.2) is 0 Å². The number of halogens is 1. The van der Waals surface area contributed by atoms with Crippen molar-refractivity contribution in [3.05, 3.63) is 35.4 Å². The van der Waals surface area contributed by atoms with Gasteiger partial charge in [-0.2, -0.15) is 0 Å². The van der Waals surface area contributed by atoms with E-state index in [9.17, 15) is 8.42 Å². The predicted octanol–water partition coefficient (Wildman–Crippen LogP) is 2.17. The number of hydrogen-bond acceptors (Lipinski definition) is 2. The smallest absolute Gasteiger partial charge is 0.211 e. The molecule has 1 rings (SSSR count). The molecule has 0 saturated heterocycles. The molecule has 84 valence electrons. The molecule has 0 fully saturated rings. The van der Waals surface area contributed by atoms with Crippen LogP contribution >= 0.6 is 11.6 Å². The molecule has 0 aromatic heterocycles. The molecule has 0 saturated carbocycles. The summed E-state index contributed by atoms with van der Waals surface area (Å²) in [5.41, 5.74) is 2.02. The zero-order valence-electron chi connectivity index (χ0n) is 8.70. The zero-order valence-corrected chi connectivity index (χ0v) is 10.3. The normalized spacial score (nSPS) is 13.8. The molecular weight excluding hydrogens is 234 g/mol. The van der Waals surface area contributed by atoms with E-state index in [4.69, 9.17) is 11.6 Å². The van der Waals surface area contributed by atoms with Gasteiger partial charge < -0.3 is 0 Å². The van der Waals surface area contributed by atoms with Gasteiger partial charge in [-0.15, -0.1) is 11.6 Å². The largest absolute Gasteiger partial charge is 0.226 e. The highest BCUT2D eigenvalue weighted by molar-refractivity contribution is 7.90. The summed E-state index contributed by atoms with van der Waals surface area (Å²) in [5, 5.41) is -0.413. The van der Waals surface area contributed by atoms with Crippen LogP contribution in [-0.4, -0.2) is 13.6 Å². The van der Waals surface area contributed by atoms with Crippen molar-refractivity contribution in [2.45, 2.75) is 19.9 Å². The van der Waals surface area contributed by atoms with Crippen molar-refractivity contribution in [3.63, 3.8) is 0 Å². The molecule has 0 bridgehead atoms. The molecule has 0 aliphatic carbocycles. The summed E-state index contributed by atoms with van der Waals surface area (Å²) < 4.78 is 25.0. The molecule has 5 heteroatoms. The Bertz CT molecular complexity index is 431. The number of hydrogen-bond donors (Lipinski definition) is 1. The van der Waals surface area contributed by atoms with Crippen LogP contribution in [0, 0.1) is 6.92 Å². The fourth-order valence-corrected chi connectivity index (χ4v) is 2.35. The maximum Gasteiger partial charge on any atom is 0.226 e. The van der Waals surface area contributed by atoms with Gasteiger partial charge >= 0.3 is 0 Å². The summed E-state index contributed by atoms with van der Waals surface area (Å²) in [4.78, 5) is 0. The second kappa shape index (κ2) is 4.96. The number of benzene rings is 1.